The number of nitrogens with zero attached hydrogens (tertiary/aromatic N) is 1. The first kappa shape index (κ1) is 11.2. The fourth-order valence-electron chi connectivity index (χ4n) is 1.82. The molecule has 0 aliphatic carbocycles. The summed E-state index contributed by atoms with van der Waals surface area (Å²) in [7, 11) is 1.67. The van der Waals surface area contributed by atoms with E-state index in [0.717, 1.165) is 34.2 Å². The van der Waals surface area contributed by atoms with E-state index in [1.165, 1.54) is 0 Å². The number of hydrogen-bond acceptors (Lipinski definition) is 2. The highest BCUT2D eigenvalue weighted by atomic mass is 35.5. The van der Waals surface area contributed by atoms with Crippen LogP contribution in [0.15, 0.2) is 18.2 Å². The Hall–Kier alpha value is -1.28. The fourth-order valence-corrected chi connectivity index (χ4v) is 2.09. The molecule has 0 aliphatic rings. The summed E-state index contributed by atoms with van der Waals surface area (Å²) in [5.41, 5.74) is 3.08. The molecule has 0 saturated heterocycles. The fraction of sp³-hybridized carbons (Fsp3) is 0.308. The Labute approximate surface area is 100 Å². The molecule has 2 rings (SSSR count). The van der Waals surface area contributed by atoms with Crippen LogP contribution < -0.4 is 4.74 Å². The zero-order valence-corrected chi connectivity index (χ0v) is 10.4. The molecule has 2 aromatic rings. The second-order valence-electron chi connectivity index (χ2n) is 3.77. The van der Waals surface area contributed by atoms with Gasteiger partial charge in [0.25, 0.3) is 0 Å². The van der Waals surface area contributed by atoms with Gasteiger partial charge in [-0.1, -0.05) is 24.6 Å². The predicted octanol–water partition coefficient (Wildman–Crippen LogP) is 3.77. The first-order valence-electron chi connectivity index (χ1n) is 5.30. The number of halogens is 1. The maximum absolute atomic E-state index is 6.12. The van der Waals surface area contributed by atoms with Gasteiger partial charge in [-0.05, 0) is 36.6 Å². The highest BCUT2D eigenvalue weighted by Crippen LogP contribution is 2.30. The molecule has 3 heteroatoms. The molecule has 0 amide bonds. The lowest BCUT2D eigenvalue weighted by Gasteiger charge is -2.09. The second kappa shape index (κ2) is 4.30. The number of fused-ring (bicyclic) bond motifs is 1. The van der Waals surface area contributed by atoms with Gasteiger partial charge in [0.05, 0.1) is 12.6 Å². The monoisotopic (exact) mass is 235 g/mol. The van der Waals surface area contributed by atoms with E-state index < -0.39 is 0 Å². The van der Waals surface area contributed by atoms with Crippen molar-refractivity contribution in [3.63, 3.8) is 0 Å². The second-order valence-corrected chi connectivity index (χ2v) is 4.13. The van der Waals surface area contributed by atoms with Crippen LogP contribution in [0.1, 0.15) is 18.1 Å². The molecule has 2 nitrogen and oxygen atoms in total. The molecule has 84 valence electrons. The van der Waals surface area contributed by atoms with Crippen LogP contribution in [0.5, 0.6) is 5.75 Å². The SMILES string of the molecule is CCc1cc2c(OC)ccc(C)c2nc1Cl. The van der Waals surface area contributed by atoms with Crippen molar-refractivity contribution in [3.05, 3.63) is 34.5 Å². The summed E-state index contributed by atoms with van der Waals surface area (Å²) in [5.74, 6) is 0.847. The Bertz CT molecular complexity index is 537. The molecule has 0 N–H and O–H groups in total. The normalized spacial score (nSPS) is 10.8. The number of aryl methyl sites for hydroxylation is 2. The lowest BCUT2D eigenvalue weighted by molar-refractivity contribution is 0.419. The Kier molecular flexibility index (Phi) is 3.01. The van der Waals surface area contributed by atoms with Crippen molar-refractivity contribution in [3.8, 4) is 5.75 Å². The van der Waals surface area contributed by atoms with Crippen LogP contribution in [0.4, 0.5) is 0 Å². The highest BCUT2D eigenvalue weighted by molar-refractivity contribution is 6.30. The summed E-state index contributed by atoms with van der Waals surface area (Å²) >= 11 is 6.12. The van der Waals surface area contributed by atoms with Gasteiger partial charge in [0.1, 0.15) is 10.9 Å². The number of pyridine rings is 1. The molecule has 0 fully saturated rings. The van der Waals surface area contributed by atoms with Crippen LogP contribution in [-0.2, 0) is 6.42 Å². The minimum Gasteiger partial charge on any atom is -0.496 e. The molecule has 0 saturated carbocycles. The highest BCUT2D eigenvalue weighted by Gasteiger charge is 2.09. The van der Waals surface area contributed by atoms with Gasteiger partial charge in [0.2, 0.25) is 0 Å². The van der Waals surface area contributed by atoms with Crippen LogP contribution in [0.25, 0.3) is 10.9 Å². The maximum atomic E-state index is 6.12. The number of methoxy groups -OCH3 is 1. The van der Waals surface area contributed by atoms with Crippen molar-refractivity contribution in [2.45, 2.75) is 20.3 Å². The van der Waals surface area contributed by atoms with Crippen molar-refractivity contribution in [2.24, 2.45) is 0 Å². The van der Waals surface area contributed by atoms with Gasteiger partial charge in [-0.3, -0.25) is 0 Å². The summed E-state index contributed by atoms with van der Waals surface area (Å²) in [6.07, 6.45) is 0.874. The Balaban J connectivity index is 2.83. The molecule has 0 bridgehead atoms. The lowest BCUT2D eigenvalue weighted by Crippen LogP contribution is -1.93. The van der Waals surface area contributed by atoms with E-state index in [2.05, 4.69) is 18.0 Å². The molecule has 0 aliphatic heterocycles. The summed E-state index contributed by atoms with van der Waals surface area (Å²) in [6, 6.07) is 6.03. The lowest BCUT2D eigenvalue weighted by atomic mass is 10.1. The largest absolute Gasteiger partial charge is 0.496 e. The first-order valence-corrected chi connectivity index (χ1v) is 5.68. The van der Waals surface area contributed by atoms with Gasteiger partial charge in [-0.2, -0.15) is 0 Å². The number of benzene rings is 1. The van der Waals surface area contributed by atoms with Crippen LogP contribution >= 0.6 is 11.6 Å². The molecular weight excluding hydrogens is 222 g/mol. The minimum atomic E-state index is 0.589. The van der Waals surface area contributed by atoms with E-state index in [9.17, 15) is 0 Å². The van der Waals surface area contributed by atoms with E-state index in [1.807, 2.05) is 19.1 Å². The summed E-state index contributed by atoms with van der Waals surface area (Å²) in [4.78, 5) is 4.44. The van der Waals surface area contributed by atoms with Crippen LogP contribution in [0.3, 0.4) is 0 Å². The van der Waals surface area contributed by atoms with Crippen LogP contribution in [0.2, 0.25) is 5.15 Å². The standard InChI is InChI=1S/C13H14ClNO/c1-4-9-7-10-11(16-3)6-5-8(2)12(10)15-13(9)14/h5-7H,4H2,1-3H3. The zero-order chi connectivity index (χ0) is 11.7. The van der Waals surface area contributed by atoms with E-state index in [-0.39, 0.29) is 0 Å². The number of ether oxygens (including phenoxy) is 1. The summed E-state index contributed by atoms with van der Waals surface area (Å²) < 4.78 is 5.34. The van der Waals surface area contributed by atoms with Crippen LogP contribution in [0, 0.1) is 6.92 Å². The average Bonchev–Trinajstić information content (AvgIpc) is 2.30. The van der Waals surface area contributed by atoms with Gasteiger partial charge < -0.3 is 4.74 Å². The molecule has 16 heavy (non-hydrogen) atoms. The molecule has 0 spiro atoms. The Morgan fingerprint density at radius 3 is 2.75 bits per heavy atom. The van der Waals surface area contributed by atoms with E-state index in [1.54, 1.807) is 7.11 Å². The van der Waals surface area contributed by atoms with Crippen LogP contribution in [-0.4, -0.2) is 12.1 Å². The summed E-state index contributed by atoms with van der Waals surface area (Å²) in [5, 5.41) is 1.62. The molecule has 1 aromatic carbocycles. The average molecular weight is 236 g/mol. The third-order valence-electron chi connectivity index (χ3n) is 2.77. The van der Waals surface area contributed by atoms with E-state index in [4.69, 9.17) is 16.3 Å². The van der Waals surface area contributed by atoms with Crippen molar-refractivity contribution < 1.29 is 4.74 Å². The minimum absolute atomic E-state index is 0.589. The Morgan fingerprint density at radius 1 is 1.38 bits per heavy atom. The van der Waals surface area contributed by atoms with Crippen molar-refractivity contribution in [2.75, 3.05) is 7.11 Å². The van der Waals surface area contributed by atoms with Crippen molar-refractivity contribution >= 4 is 22.5 Å². The predicted molar refractivity (Wildman–Crippen MR) is 67.4 cm³/mol. The van der Waals surface area contributed by atoms with Gasteiger partial charge >= 0.3 is 0 Å². The molecule has 1 aromatic heterocycles. The molecule has 0 unspecified atom stereocenters. The topological polar surface area (TPSA) is 22.1 Å². The third kappa shape index (κ3) is 1.74. The van der Waals surface area contributed by atoms with E-state index in [0.29, 0.717) is 5.15 Å². The molecule has 1 heterocycles. The van der Waals surface area contributed by atoms with Crippen molar-refractivity contribution in [1.29, 1.82) is 0 Å². The number of hydrogen-bond donors (Lipinski definition) is 0. The smallest absolute Gasteiger partial charge is 0.132 e. The third-order valence-corrected chi connectivity index (χ3v) is 3.10. The number of aromatic nitrogens is 1. The molecule has 0 atom stereocenters. The summed E-state index contributed by atoms with van der Waals surface area (Å²) in [6.45, 7) is 4.09. The van der Waals surface area contributed by atoms with E-state index >= 15 is 0 Å². The molecular formula is C13H14ClNO. The van der Waals surface area contributed by atoms with Gasteiger partial charge in [0, 0.05) is 5.39 Å². The number of rotatable bonds is 2. The Morgan fingerprint density at radius 2 is 2.12 bits per heavy atom. The van der Waals surface area contributed by atoms with Gasteiger partial charge in [-0.25, -0.2) is 4.98 Å². The quantitative estimate of drug-likeness (QED) is 0.740. The van der Waals surface area contributed by atoms with Gasteiger partial charge in [-0.15, -0.1) is 0 Å². The maximum Gasteiger partial charge on any atom is 0.132 e. The first-order chi connectivity index (χ1) is 7.67. The molecule has 0 radical (unpaired) electrons. The van der Waals surface area contributed by atoms with Gasteiger partial charge in [0.15, 0.2) is 0 Å². The zero-order valence-electron chi connectivity index (χ0n) is 9.67. The van der Waals surface area contributed by atoms with Crippen molar-refractivity contribution in [1.82, 2.24) is 4.98 Å².